The maximum absolute atomic E-state index is 12.7. The standard InChI is InChI=1S/C21H30ClIO6/c1-4-13-6-8-15-16(26-13)11(3)17-18(27-15)19(25)21(28-17)20(29-21)14(24)7-5-12(22)9-10(2)23/h11-13,15-20,25H,2,4-9H2,1,3H3. The Kier molecular flexibility index (Phi) is 6.68. The molecule has 4 aliphatic heterocycles. The van der Waals surface area contributed by atoms with Crippen molar-refractivity contribution in [1.29, 1.82) is 0 Å². The van der Waals surface area contributed by atoms with Crippen LogP contribution in [0.1, 0.15) is 52.4 Å². The quantitative estimate of drug-likeness (QED) is 0.303. The van der Waals surface area contributed by atoms with E-state index in [1.54, 1.807) is 0 Å². The van der Waals surface area contributed by atoms with Crippen LogP contribution in [-0.2, 0) is 23.7 Å². The highest BCUT2D eigenvalue weighted by Gasteiger charge is 2.75. The Morgan fingerprint density at radius 3 is 2.72 bits per heavy atom. The molecule has 1 spiro atoms. The first-order chi connectivity index (χ1) is 13.8. The predicted molar refractivity (Wildman–Crippen MR) is 116 cm³/mol. The minimum absolute atomic E-state index is 0.0475. The average Bonchev–Trinajstić information content (AvgIpc) is 3.35. The number of ketones is 1. The predicted octanol–water partition coefficient (Wildman–Crippen LogP) is 3.50. The summed E-state index contributed by atoms with van der Waals surface area (Å²) in [6, 6.07) is 0. The summed E-state index contributed by atoms with van der Waals surface area (Å²) in [6.07, 6.45) is 1.94. The Labute approximate surface area is 190 Å². The molecular weight excluding hydrogens is 511 g/mol. The van der Waals surface area contributed by atoms with Crippen LogP contribution < -0.4 is 0 Å². The van der Waals surface area contributed by atoms with E-state index in [1.165, 1.54) is 0 Å². The van der Waals surface area contributed by atoms with Crippen molar-refractivity contribution in [3.05, 3.63) is 10.2 Å². The van der Waals surface area contributed by atoms with Crippen LogP contribution in [0, 0.1) is 5.92 Å². The van der Waals surface area contributed by atoms with Crippen molar-refractivity contribution in [3.63, 3.8) is 0 Å². The van der Waals surface area contributed by atoms with Gasteiger partial charge in [0.1, 0.15) is 12.2 Å². The largest absolute Gasteiger partial charge is 0.385 e. The Hall–Kier alpha value is 0.230. The van der Waals surface area contributed by atoms with E-state index in [2.05, 4.69) is 43.0 Å². The maximum Gasteiger partial charge on any atom is 0.233 e. The molecule has 0 aliphatic carbocycles. The molecular formula is C21H30ClIO6. The van der Waals surface area contributed by atoms with Crippen molar-refractivity contribution in [1.82, 2.24) is 0 Å². The van der Waals surface area contributed by atoms with Gasteiger partial charge in [-0.25, -0.2) is 0 Å². The van der Waals surface area contributed by atoms with E-state index in [1.807, 2.05) is 0 Å². The van der Waals surface area contributed by atoms with Gasteiger partial charge in [0, 0.05) is 17.7 Å². The van der Waals surface area contributed by atoms with Crippen LogP contribution >= 0.6 is 34.2 Å². The Morgan fingerprint density at radius 1 is 1.28 bits per heavy atom. The average molecular weight is 541 g/mol. The van der Waals surface area contributed by atoms with Crippen molar-refractivity contribution in [3.8, 4) is 0 Å². The number of fused-ring (bicyclic) bond motifs is 2. The molecule has 4 rings (SSSR count). The van der Waals surface area contributed by atoms with Gasteiger partial charge in [0.2, 0.25) is 5.79 Å². The first-order valence-electron chi connectivity index (χ1n) is 10.6. The highest BCUT2D eigenvalue weighted by molar-refractivity contribution is 14.1. The van der Waals surface area contributed by atoms with Crippen molar-refractivity contribution >= 4 is 40.0 Å². The topological polar surface area (TPSA) is 77.5 Å². The van der Waals surface area contributed by atoms with Gasteiger partial charge in [0.15, 0.2) is 11.9 Å². The molecule has 10 atom stereocenters. The van der Waals surface area contributed by atoms with Gasteiger partial charge in [-0.15, -0.1) is 11.6 Å². The first-order valence-corrected chi connectivity index (χ1v) is 12.1. The summed E-state index contributed by atoms with van der Waals surface area (Å²) in [4.78, 5) is 12.7. The highest BCUT2D eigenvalue weighted by atomic mass is 127. The second-order valence-corrected chi connectivity index (χ2v) is 10.9. The van der Waals surface area contributed by atoms with E-state index >= 15 is 0 Å². The van der Waals surface area contributed by atoms with E-state index < -0.39 is 24.1 Å². The van der Waals surface area contributed by atoms with Crippen molar-refractivity contribution in [2.75, 3.05) is 0 Å². The van der Waals surface area contributed by atoms with Gasteiger partial charge in [-0.05, 0) is 58.3 Å². The van der Waals surface area contributed by atoms with Crippen LogP contribution in [-0.4, -0.2) is 64.8 Å². The zero-order chi connectivity index (χ0) is 20.9. The van der Waals surface area contributed by atoms with Gasteiger partial charge in [0.25, 0.3) is 0 Å². The molecule has 1 N–H and O–H groups in total. The second-order valence-electron chi connectivity index (χ2n) is 8.78. The Balaban J connectivity index is 1.38. The molecule has 4 saturated heterocycles. The molecule has 164 valence electrons. The molecule has 0 saturated carbocycles. The Morgan fingerprint density at radius 2 is 2.03 bits per heavy atom. The molecule has 4 heterocycles. The lowest BCUT2D eigenvalue weighted by Crippen LogP contribution is -2.57. The molecule has 29 heavy (non-hydrogen) atoms. The zero-order valence-electron chi connectivity index (χ0n) is 16.9. The first kappa shape index (κ1) is 22.4. The van der Waals surface area contributed by atoms with Crippen molar-refractivity contribution in [2.24, 2.45) is 5.92 Å². The number of halogens is 2. The van der Waals surface area contributed by atoms with E-state index in [0.29, 0.717) is 19.3 Å². The van der Waals surface area contributed by atoms with Gasteiger partial charge in [-0.3, -0.25) is 4.79 Å². The summed E-state index contributed by atoms with van der Waals surface area (Å²) < 4.78 is 25.3. The number of hydrogen-bond acceptors (Lipinski definition) is 6. The SMILES string of the molecule is C=C(I)CC(Cl)CCC(=O)C1OC12OC1C(C)C3OC(CC)CCC3OC1C2O. The molecule has 0 bridgehead atoms. The number of aliphatic hydroxyl groups excluding tert-OH is 1. The molecule has 6 nitrogen and oxygen atoms in total. The summed E-state index contributed by atoms with van der Waals surface area (Å²) in [5, 5.41) is 10.8. The summed E-state index contributed by atoms with van der Waals surface area (Å²) in [6.45, 7) is 8.05. The van der Waals surface area contributed by atoms with E-state index in [9.17, 15) is 9.90 Å². The molecule has 0 radical (unpaired) electrons. The fourth-order valence-electron chi connectivity index (χ4n) is 5.03. The van der Waals surface area contributed by atoms with E-state index in [-0.39, 0.29) is 41.5 Å². The lowest BCUT2D eigenvalue weighted by atomic mass is 9.82. The zero-order valence-corrected chi connectivity index (χ0v) is 19.8. The number of allylic oxidation sites excluding steroid dienone is 1. The molecule has 4 aliphatic rings. The van der Waals surface area contributed by atoms with Crippen LogP contribution in [0.15, 0.2) is 10.2 Å². The minimum Gasteiger partial charge on any atom is -0.385 e. The number of ether oxygens (including phenoxy) is 4. The minimum atomic E-state index is -1.27. The number of epoxide rings is 1. The normalized spacial score (nSPS) is 46.8. The summed E-state index contributed by atoms with van der Waals surface area (Å²) in [5.41, 5.74) is 0. The van der Waals surface area contributed by atoms with Crippen LogP contribution in [0.2, 0.25) is 0 Å². The monoisotopic (exact) mass is 540 g/mol. The fraction of sp³-hybridized carbons (Fsp3) is 0.857. The smallest absolute Gasteiger partial charge is 0.233 e. The summed E-state index contributed by atoms with van der Waals surface area (Å²) in [7, 11) is 0. The number of carbonyl (C=O) groups excluding carboxylic acids is 1. The van der Waals surface area contributed by atoms with Crippen LogP contribution in [0.25, 0.3) is 0 Å². The van der Waals surface area contributed by atoms with Gasteiger partial charge in [-0.1, -0.05) is 20.4 Å². The van der Waals surface area contributed by atoms with Gasteiger partial charge in [0.05, 0.1) is 24.4 Å². The highest BCUT2D eigenvalue weighted by Crippen LogP contribution is 2.54. The number of rotatable bonds is 7. The van der Waals surface area contributed by atoms with E-state index in [4.69, 9.17) is 30.5 Å². The van der Waals surface area contributed by atoms with Crippen molar-refractivity contribution < 1.29 is 28.8 Å². The third-order valence-electron chi connectivity index (χ3n) is 6.73. The molecule has 0 aromatic rings. The molecule has 8 heteroatoms. The number of hydrogen-bond donors (Lipinski definition) is 1. The maximum atomic E-state index is 12.7. The lowest BCUT2D eigenvalue weighted by Gasteiger charge is -2.47. The molecule has 0 amide bonds. The lowest BCUT2D eigenvalue weighted by molar-refractivity contribution is -0.240. The van der Waals surface area contributed by atoms with Gasteiger partial charge in [-0.2, -0.15) is 0 Å². The van der Waals surface area contributed by atoms with Gasteiger partial charge >= 0.3 is 0 Å². The van der Waals surface area contributed by atoms with Crippen LogP contribution in [0.3, 0.4) is 0 Å². The molecule has 10 unspecified atom stereocenters. The van der Waals surface area contributed by atoms with Crippen molar-refractivity contribution in [2.45, 2.75) is 106 Å². The third-order valence-corrected chi connectivity index (χ3v) is 7.54. The number of Topliss-reactive ketones (excluding diaryl/α,β-unsaturated/α-hetero) is 1. The number of carbonyl (C=O) groups is 1. The molecule has 0 aromatic carbocycles. The molecule has 4 fully saturated rings. The number of aliphatic hydroxyl groups is 1. The Bertz CT molecular complexity index is 661. The van der Waals surface area contributed by atoms with Crippen LogP contribution in [0.5, 0.6) is 0 Å². The summed E-state index contributed by atoms with van der Waals surface area (Å²) >= 11 is 8.40. The van der Waals surface area contributed by atoms with Gasteiger partial charge < -0.3 is 24.1 Å². The third kappa shape index (κ3) is 4.17. The second kappa shape index (κ2) is 8.64. The van der Waals surface area contributed by atoms with E-state index in [0.717, 1.165) is 22.8 Å². The summed E-state index contributed by atoms with van der Waals surface area (Å²) in [5.74, 6) is -1.30. The molecule has 0 aromatic heterocycles. The van der Waals surface area contributed by atoms with Crippen LogP contribution in [0.4, 0.5) is 0 Å². The number of alkyl halides is 1. The fourth-order valence-corrected chi connectivity index (χ4v) is 6.12.